The minimum absolute atomic E-state index is 0.0361. The molecule has 0 radical (unpaired) electrons. The minimum Gasteiger partial charge on any atom is -0.497 e. The lowest BCUT2D eigenvalue weighted by atomic mass is 9.99. The van der Waals surface area contributed by atoms with E-state index in [0.717, 1.165) is 16.6 Å². The second-order valence-electron chi connectivity index (χ2n) is 8.94. The van der Waals surface area contributed by atoms with Crippen LogP contribution in [0.25, 0.3) is 11.0 Å². The molecule has 0 bridgehead atoms. The molecule has 0 saturated carbocycles. The highest BCUT2D eigenvalue weighted by Crippen LogP contribution is 2.23. The fourth-order valence-electron chi connectivity index (χ4n) is 3.80. The van der Waals surface area contributed by atoms with E-state index >= 15 is 0 Å². The summed E-state index contributed by atoms with van der Waals surface area (Å²) < 4.78 is 6.75. The van der Waals surface area contributed by atoms with E-state index in [1.54, 1.807) is 54.8 Å². The molecule has 0 aliphatic carbocycles. The van der Waals surface area contributed by atoms with E-state index in [2.05, 4.69) is 15.6 Å². The number of anilines is 1. The quantitative estimate of drug-likeness (QED) is 0.416. The van der Waals surface area contributed by atoms with Crippen molar-refractivity contribution in [3.05, 3.63) is 83.9 Å². The Balaban J connectivity index is 1.61. The number of aromatic nitrogens is 3. The molecule has 2 amide bonds. The number of hydrogen-bond donors (Lipinski definition) is 1. The van der Waals surface area contributed by atoms with Crippen molar-refractivity contribution in [1.82, 2.24) is 19.9 Å². The summed E-state index contributed by atoms with van der Waals surface area (Å²) in [5.74, 6) is 0.154. The third-order valence-corrected chi connectivity index (χ3v) is 6.05. The maximum atomic E-state index is 13.7. The van der Waals surface area contributed by atoms with E-state index in [1.165, 1.54) is 0 Å². The number of nitrogens with zero attached hydrogens (tertiary/aromatic N) is 4. The van der Waals surface area contributed by atoms with E-state index in [4.69, 9.17) is 4.74 Å². The summed E-state index contributed by atoms with van der Waals surface area (Å²) in [5, 5.41) is 11.2. The van der Waals surface area contributed by atoms with Crippen LogP contribution in [0.15, 0.2) is 72.8 Å². The molecule has 4 aromatic rings. The van der Waals surface area contributed by atoms with Crippen LogP contribution in [0.4, 0.5) is 5.69 Å². The molecule has 180 valence electrons. The molecule has 35 heavy (non-hydrogen) atoms. The van der Waals surface area contributed by atoms with Gasteiger partial charge in [-0.1, -0.05) is 47.2 Å². The molecule has 0 atom stereocenters. The van der Waals surface area contributed by atoms with E-state index in [1.807, 2.05) is 55.5 Å². The van der Waals surface area contributed by atoms with Gasteiger partial charge < -0.3 is 15.0 Å². The van der Waals surface area contributed by atoms with Gasteiger partial charge in [0, 0.05) is 12.2 Å². The summed E-state index contributed by atoms with van der Waals surface area (Å²) >= 11 is 0. The van der Waals surface area contributed by atoms with Crippen molar-refractivity contribution >= 4 is 28.5 Å². The predicted molar refractivity (Wildman–Crippen MR) is 135 cm³/mol. The van der Waals surface area contributed by atoms with Gasteiger partial charge in [0.1, 0.15) is 23.3 Å². The molecule has 0 saturated heterocycles. The zero-order valence-electron chi connectivity index (χ0n) is 20.4. The number of carbonyl (C=O) groups excluding carboxylic acids is 2. The number of benzene rings is 3. The number of amides is 2. The maximum Gasteiger partial charge on any atom is 0.249 e. The van der Waals surface area contributed by atoms with Crippen molar-refractivity contribution < 1.29 is 14.3 Å². The smallest absolute Gasteiger partial charge is 0.249 e. The van der Waals surface area contributed by atoms with Crippen LogP contribution < -0.4 is 10.1 Å². The second-order valence-corrected chi connectivity index (χ2v) is 8.94. The van der Waals surface area contributed by atoms with Gasteiger partial charge in [-0.15, -0.1) is 5.10 Å². The topological polar surface area (TPSA) is 89.4 Å². The molecule has 1 heterocycles. The van der Waals surface area contributed by atoms with Crippen molar-refractivity contribution in [1.29, 1.82) is 0 Å². The number of hydrogen-bond acceptors (Lipinski definition) is 5. The monoisotopic (exact) mass is 471 g/mol. The Bertz CT molecular complexity index is 1330. The van der Waals surface area contributed by atoms with Crippen LogP contribution in [0.5, 0.6) is 5.75 Å². The minimum atomic E-state index is -1.15. The van der Waals surface area contributed by atoms with Crippen molar-refractivity contribution in [2.24, 2.45) is 0 Å². The standard InChI is InChI=1S/C27H29N5O3/c1-19-9-11-20(12-10-19)17-31(25(33)18-32-24-8-6-5-7-23(24)29-30-32)27(2,3)26(34)28-21-13-15-22(35-4)16-14-21/h5-16H,17-18H2,1-4H3,(H,28,34). The van der Waals surface area contributed by atoms with Crippen LogP contribution >= 0.6 is 0 Å². The Morgan fingerprint density at radius 2 is 1.69 bits per heavy atom. The first-order valence-electron chi connectivity index (χ1n) is 11.4. The van der Waals surface area contributed by atoms with Gasteiger partial charge in [0.05, 0.1) is 12.6 Å². The normalized spacial score (nSPS) is 11.3. The van der Waals surface area contributed by atoms with Crippen LogP contribution in [0, 0.1) is 6.92 Å². The predicted octanol–water partition coefficient (Wildman–Crippen LogP) is 4.19. The van der Waals surface area contributed by atoms with Crippen LogP contribution in [0.3, 0.4) is 0 Å². The lowest BCUT2D eigenvalue weighted by molar-refractivity contribution is -0.145. The molecule has 4 rings (SSSR count). The van der Waals surface area contributed by atoms with Crippen LogP contribution in [-0.4, -0.2) is 44.4 Å². The van der Waals surface area contributed by atoms with Crippen LogP contribution in [0.2, 0.25) is 0 Å². The average molecular weight is 472 g/mol. The highest BCUT2D eigenvalue weighted by Gasteiger charge is 2.38. The fourth-order valence-corrected chi connectivity index (χ4v) is 3.80. The first-order chi connectivity index (χ1) is 16.8. The Hall–Kier alpha value is -4.20. The van der Waals surface area contributed by atoms with Gasteiger partial charge in [-0.2, -0.15) is 0 Å². The summed E-state index contributed by atoms with van der Waals surface area (Å²) in [7, 11) is 1.59. The maximum absolute atomic E-state index is 13.7. The first-order valence-corrected chi connectivity index (χ1v) is 11.4. The molecular weight excluding hydrogens is 442 g/mol. The Morgan fingerprint density at radius 3 is 2.37 bits per heavy atom. The molecule has 8 heteroatoms. The molecule has 8 nitrogen and oxygen atoms in total. The zero-order chi connectivity index (χ0) is 25.0. The molecule has 0 aliphatic rings. The molecule has 0 unspecified atom stereocenters. The number of aryl methyl sites for hydroxylation is 1. The van der Waals surface area contributed by atoms with Gasteiger partial charge in [-0.3, -0.25) is 9.59 Å². The zero-order valence-corrected chi connectivity index (χ0v) is 20.4. The van der Waals surface area contributed by atoms with Gasteiger partial charge in [0.15, 0.2) is 0 Å². The SMILES string of the molecule is COc1ccc(NC(=O)C(C)(C)N(Cc2ccc(C)cc2)C(=O)Cn2nnc3ccccc32)cc1. The number of para-hydroxylation sites is 1. The Morgan fingerprint density at radius 1 is 1.00 bits per heavy atom. The highest BCUT2D eigenvalue weighted by molar-refractivity contribution is 6.00. The Kier molecular flexibility index (Phi) is 6.82. The summed E-state index contributed by atoms with van der Waals surface area (Å²) in [5.41, 5.74) is 2.99. The summed E-state index contributed by atoms with van der Waals surface area (Å²) in [6.07, 6.45) is 0. The van der Waals surface area contributed by atoms with Crippen molar-refractivity contribution in [3.63, 3.8) is 0 Å². The van der Waals surface area contributed by atoms with E-state index in [-0.39, 0.29) is 24.9 Å². The molecule has 0 spiro atoms. The number of carbonyl (C=O) groups is 2. The lowest BCUT2D eigenvalue weighted by Crippen LogP contribution is -2.55. The van der Waals surface area contributed by atoms with Crippen LogP contribution in [0.1, 0.15) is 25.0 Å². The summed E-state index contributed by atoms with van der Waals surface area (Å²) in [6, 6.07) is 22.5. The number of rotatable bonds is 8. The van der Waals surface area contributed by atoms with E-state index in [9.17, 15) is 9.59 Å². The fraction of sp³-hybridized carbons (Fsp3) is 0.259. The highest BCUT2D eigenvalue weighted by atomic mass is 16.5. The third-order valence-electron chi connectivity index (χ3n) is 6.05. The van der Waals surface area contributed by atoms with Gasteiger partial charge in [-0.05, 0) is 62.7 Å². The van der Waals surface area contributed by atoms with Crippen molar-refractivity contribution in [3.8, 4) is 5.75 Å². The molecular formula is C27H29N5O3. The van der Waals surface area contributed by atoms with Gasteiger partial charge in [0.2, 0.25) is 11.8 Å². The van der Waals surface area contributed by atoms with Crippen molar-refractivity contribution in [2.45, 2.75) is 39.4 Å². The molecule has 0 aliphatic heterocycles. The number of nitrogens with one attached hydrogen (secondary N) is 1. The van der Waals surface area contributed by atoms with Gasteiger partial charge in [0.25, 0.3) is 0 Å². The third kappa shape index (κ3) is 5.32. The van der Waals surface area contributed by atoms with E-state index < -0.39 is 5.54 Å². The van der Waals surface area contributed by atoms with Crippen molar-refractivity contribution in [2.75, 3.05) is 12.4 Å². The average Bonchev–Trinajstić information content (AvgIpc) is 3.26. The Labute approximate surface area is 204 Å². The lowest BCUT2D eigenvalue weighted by Gasteiger charge is -2.37. The molecule has 1 N–H and O–H groups in total. The summed E-state index contributed by atoms with van der Waals surface area (Å²) in [4.78, 5) is 28.7. The largest absolute Gasteiger partial charge is 0.497 e. The number of ether oxygens (including phenoxy) is 1. The second kappa shape index (κ2) is 9.97. The molecule has 1 aromatic heterocycles. The van der Waals surface area contributed by atoms with Crippen LogP contribution in [-0.2, 0) is 22.7 Å². The van der Waals surface area contributed by atoms with Gasteiger partial charge in [-0.25, -0.2) is 4.68 Å². The number of fused-ring (bicyclic) bond motifs is 1. The first kappa shape index (κ1) is 23.9. The van der Waals surface area contributed by atoms with E-state index in [0.29, 0.717) is 17.0 Å². The number of methoxy groups -OCH3 is 1. The van der Waals surface area contributed by atoms with Gasteiger partial charge >= 0.3 is 0 Å². The molecule has 3 aromatic carbocycles. The molecule has 0 fully saturated rings. The summed E-state index contributed by atoms with van der Waals surface area (Å²) in [6.45, 7) is 5.74.